The Labute approximate surface area is 112 Å². The van der Waals surface area contributed by atoms with Crippen LogP contribution in [0.4, 0.5) is 5.69 Å². The van der Waals surface area contributed by atoms with Gasteiger partial charge >= 0.3 is 0 Å². The minimum absolute atomic E-state index is 0.644. The second-order valence-electron chi connectivity index (χ2n) is 4.39. The van der Waals surface area contributed by atoms with Gasteiger partial charge in [0.25, 0.3) is 0 Å². The van der Waals surface area contributed by atoms with E-state index in [0.717, 1.165) is 23.2 Å². The monoisotopic (exact) mass is 261 g/mol. The van der Waals surface area contributed by atoms with Gasteiger partial charge in [0.1, 0.15) is 5.75 Å². The Bertz CT molecular complexity index is 564. The molecule has 0 spiro atoms. The molecule has 0 bridgehead atoms. The average Bonchev–Trinajstić information content (AvgIpc) is 2.85. The molecule has 0 atom stereocenters. The first-order valence-corrected chi connectivity index (χ1v) is 6.11. The molecule has 5 heteroatoms. The first-order chi connectivity index (χ1) is 9.15. The zero-order valence-corrected chi connectivity index (χ0v) is 11.5. The topological polar surface area (TPSA) is 62.3 Å². The van der Waals surface area contributed by atoms with Gasteiger partial charge in [0.2, 0.25) is 0 Å². The average molecular weight is 261 g/mol. The van der Waals surface area contributed by atoms with E-state index in [1.807, 2.05) is 36.1 Å². The minimum atomic E-state index is 0.644. The first kappa shape index (κ1) is 13.4. The van der Waals surface area contributed by atoms with Crippen LogP contribution in [0.15, 0.2) is 24.5 Å². The highest BCUT2D eigenvalue weighted by Crippen LogP contribution is 2.31. The van der Waals surface area contributed by atoms with Crippen molar-refractivity contribution < 1.29 is 9.47 Å². The Kier molecular flexibility index (Phi) is 4.06. The third kappa shape index (κ3) is 2.88. The van der Waals surface area contributed by atoms with Crippen molar-refractivity contribution in [3.63, 3.8) is 0 Å². The van der Waals surface area contributed by atoms with E-state index in [-0.39, 0.29) is 0 Å². The lowest BCUT2D eigenvalue weighted by Gasteiger charge is -2.09. The van der Waals surface area contributed by atoms with Crippen molar-refractivity contribution in [2.45, 2.75) is 13.5 Å². The summed E-state index contributed by atoms with van der Waals surface area (Å²) in [5.74, 6) is 0.685. The van der Waals surface area contributed by atoms with Gasteiger partial charge in [0.05, 0.1) is 32.1 Å². The highest BCUT2D eigenvalue weighted by molar-refractivity contribution is 5.72. The summed E-state index contributed by atoms with van der Waals surface area (Å²) < 4.78 is 12.2. The summed E-state index contributed by atoms with van der Waals surface area (Å²) in [7, 11) is 3.30. The molecule has 0 aliphatic heterocycles. The number of nitrogens with two attached hydrogens (primary N) is 1. The van der Waals surface area contributed by atoms with Crippen LogP contribution in [0.2, 0.25) is 0 Å². The van der Waals surface area contributed by atoms with Gasteiger partial charge in [-0.2, -0.15) is 5.10 Å². The molecule has 1 aromatic carbocycles. The third-order valence-electron chi connectivity index (χ3n) is 3.05. The Balaban J connectivity index is 2.33. The number of rotatable bonds is 5. The number of aromatic nitrogens is 2. The van der Waals surface area contributed by atoms with Gasteiger partial charge in [-0.15, -0.1) is 0 Å². The number of anilines is 1. The number of ether oxygens (including phenoxy) is 2. The Morgan fingerprint density at radius 3 is 2.79 bits per heavy atom. The van der Waals surface area contributed by atoms with Crippen molar-refractivity contribution in [2.75, 3.05) is 26.6 Å². The molecule has 2 N–H and O–H groups in total. The molecular formula is C14H19N3O2. The van der Waals surface area contributed by atoms with Crippen molar-refractivity contribution in [1.82, 2.24) is 9.78 Å². The van der Waals surface area contributed by atoms with E-state index < -0.39 is 0 Å². The standard InChI is InChI=1S/C14H19N3O2/c1-10-6-13(15)14(19-3)7-12(10)11-8-16-17(9-11)4-5-18-2/h6-9H,4-5,15H2,1-3H3. The van der Waals surface area contributed by atoms with Crippen LogP contribution >= 0.6 is 0 Å². The molecule has 0 aliphatic carbocycles. The minimum Gasteiger partial charge on any atom is -0.495 e. The summed E-state index contributed by atoms with van der Waals surface area (Å²) >= 11 is 0. The third-order valence-corrected chi connectivity index (χ3v) is 3.05. The molecule has 0 saturated carbocycles. The predicted molar refractivity (Wildman–Crippen MR) is 75.2 cm³/mol. The van der Waals surface area contributed by atoms with Crippen molar-refractivity contribution in [1.29, 1.82) is 0 Å². The van der Waals surface area contributed by atoms with Crippen LogP contribution in [0.1, 0.15) is 5.56 Å². The van der Waals surface area contributed by atoms with Crippen molar-refractivity contribution >= 4 is 5.69 Å². The zero-order chi connectivity index (χ0) is 13.8. The molecular weight excluding hydrogens is 242 g/mol. The molecule has 102 valence electrons. The fourth-order valence-electron chi connectivity index (χ4n) is 2.01. The smallest absolute Gasteiger partial charge is 0.142 e. The summed E-state index contributed by atoms with van der Waals surface area (Å²) in [6.07, 6.45) is 3.84. The van der Waals surface area contributed by atoms with Crippen LogP contribution in [0.3, 0.4) is 0 Å². The Hall–Kier alpha value is -2.01. The number of hydrogen-bond donors (Lipinski definition) is 1. The van der Waals surface area contributed by atoms with E-state index in [4.69, 9.17) is 15.2 Å². The molecule has 1 aromatic heterocycles. The number of methoxy groups -OCH3 is 2. The van der Waals surface area contributed by atoms with Crippen LogP contribution < -0.4 is 10.5 Å². The van der Waals surface area contributed by atoms with E-state index in [0.29, 0.717) is 18.0 Å². The van der Waals surface area contributed by atoms with E-state index in [1.54, 1.807) is 14.2 Å². The fourth-order valence-corrected chi connectivity index (χ4v) is 2.01. The van der Waals surface area contributed by atoms with Gasteiger partial charge in [-0.05, 0) is 30.2 Å². The van der Waals surface area contributed by atoms with E-state index in [1.165, 1.54) is 0 Å². The molecule has 5 nitrogen and oxygen atoms in total. The van der Waals surface area contributed by atoms with Gasteiger partial charge in [-0.3, -0.25) is 4.68 Å². The summed E-state index contributed by atoms with van der Waals surface area (Å²) in [5.41, 5.74) is 9.76. The summed E-state index contributed by atoms with van der Waals surface area (Å²) in [6.45, 7) is 3.41. The molecule has 19 heavy (non-hydrogen) atoms. The molecule has 0 radical (unpaired) electrons. The Morgan fingerprint density at radius 2 is 2.11 bits per heavy atom. The lowest BCUT2D eigenvalue weighted by Crippen LogP contribution is -2.03. The highest BCUT2D eigenvalue weighted by atomic mass is 16.5. The lowest BCUT2D eigenvalue weighted by molar-refractivity contribution is 0.183. The lowest BCUT2D eigenvalue weighted by atomic mass is 10.0. The van der Waals surface area contributed by atoms with Crippen LogP contribution in [0, 0.1) is 6.92 Å². The van der Waals surface area contributed by atoms with Crippen LogP contribution in [0.25, 0.3) is 11.1 Å². The maximum atomic E-state index is 5.89. The molecule has 0 unspecified atom stereocenters. The predicted octanol–water partition coefficient (Wildman–Crippen LogP) is 2.10. The second kappa shape index (κ2) is 5.75. The van der Waals surface area contributed by atoms with Crippen molar-refractivity contribution in [3.05, 3.63) is 30.1 Å². The molecule has 2 aromatic rings. The second-order valence-corrected chi connectivity index (χ2v) is 4.39. The normalized spacial score (nSPS) is 10.7. The summed E-state index contributed by atoms with van der Waals surface area (Å²) in [5, 5.41) is 4.31. The van der Waals surface area contributed by atoms with Gasteiger partial charge in [0, 0.05) is 18.9 Å². The number of hydrogen-bond acceptors (Lipinski definition) is 4. The zero-order valence-electron chi connectivity index (χ0n) is 11.5. The van der Waals surface area contributed by atoms with Crippen LogP contribution in [-0.4, -0.2) is 30.6 Å². The maximum Gasteiger partial charge on any atom is 0.142 e. The molecule has 2 rings (SSSR count). The van der Waals surface area contributed by atoms with Crippen molar-refractivity contribution in [3.8, 4) is 16.9 Å². The van der Waals surface area contributed by atoms with Gasteiger partial charge in [-0.25, -0.2) is 0 Å². The van der Waals surface area contributed by atoms with Crippen LogP contribution in [-0.2, 0) is 11.3 Å². The van der Waals surface area contributed by atoms with E-state index in [2.05, 4.69) is 5.10 Å². The maximum absolute atomic E-state index is 5.89. The fraction of sp³-hybridized carbons (Fsp3) is 0.357. The van der Waals surface area contributed by atoms with E-state index in [9.17, 15) is 0 Å². The van der Waals surface area contributed by atoms with Crippen LogP contribution in [0.5, 0.6) is 5.75 Å². The summed E-state index contributed by atoms with van der Waals surface area (Å²) in [4.78, 5) is 0. The van der Waals surface area contributed by atoms with Gasteiger partial charge in [0.15, 0.2) is 0 Å². The highest BCUT2D eigenvalue weighted by Gasteiger charge is 2.09. The summed E-state index contributed by atoms with van der Waals surface area (Å²) in [6, 6.07) is 3.86. The SMILES string of the molecule is COCCn1cc(-c2cc(OC)c(N)cc2C)cn1. The number of aryl methyl sites for hydroxylation is 1. The van der Waals surface area contributed by atoms with Gasteiger partial charge in [-0.1, -0.05) is 0 Å². The quantitative estimate of drug-likeness (QED) is 0.837. The Morgan fingerprint density at radius 1 is 1.32 bits per heavy atom. The number of benzene rings is 1. The first-order valence-electron chi connectivity index (χ1n) is 6.11. The molecule has 0 fully saturated rings. The van der Waals surface area contributed by atoms with Gasteiger partial charge < -0.3 is 15.2 Å². The molecule has 0 saturated heterocycles. The van der Waals surface area contributed by atoms with E-state index >= 15 is 0 Å². The largest absolute Gasteiger partial charge is 0.495 e. The number of nitrogen functional groups attached to an aromatic ring is 1. The number of nitrogens with zero attached hydrogens (tertiary/aromatic N) is 2. The molecule has 1 heterocycles. The molecule has 0 amide bonds. The molecule has 0 aliphatic rings. The van der Waals surface area contributed by atoms with Crippen molar-refractivity contribution in [2.24, 2.45) is 0 Å².